The SMILES string of the molecule is Cc1c(NC(=O)c2ccc(C3(C)CCC3)cc2)cccc1C1=C[N+](C)(Nc2ccccc2)C(=O)C(C(=O)N2CCOCC2)=N1. The fourth-order valence-electron chi connectivity index (χ4n) is 6.03. The first-order valence-corrected chi connectivity index (χ1v) is 15.1. The first kappa shape index (κ1) is 29.5. The van der Waals surface area contributed by atoms with E-state index in [1.165, 1.54) is 24.8 Å². The molecule has 2 N–H and O–H groups in total. The van der Waals surface area contributed by atoms with Gasteiger partial charge in [0.2, 0.25) is 5.71 Å². The van der Waals surface area contributed by atoms with Crippen molar-refractivity contribution in [1.29, 1.82) is 0 Å². The van der Waals surface area contributed by atoms with Crippen LogP contribution in [0.3, 0.4) is 0 Å². The van der Waals surface area contributed by atoms with E-state index in [2.05, 4.69) is 34.8 Å². The van der Waals surface area contributed by atoms with Crippen LogP contribution in [-0.4, -0.2) is 66.3 Å². The van der Waals surface area contributed by atoms with Gasteiger partial charge >= 0.3 is 5.91 Å². The topological polar surface area (TPSA) is 100 Å². The molecule has 1 aliphatic carbocycles. The number of aliphatic imine (C=N–C) groups is 1. The number of anilines is 2. The van der Waals surface area contributed by atoms with E-state index in [0.29, 0.717) is 54.5 Å². The molecule has 9 heteroatoms. The number of carbonyl (C=O) groups is 3. The summed E-state index contributed by atoms with van der Waals surface area (Å²) in [5.74, 6) is -1.10. The molecule has 0 aromatic heterocycles. The molecule has 2 heterocycles. The van der Waals surface area contributed by atoms with E-state index in [4.69, 9.17) is 4.74 Å². The van der Waals surface area contributed by atoms with Crippen molar-refractivity contribution < 1.29 is 23.7 Å². The molecule has 1 atom stereocenters. The van der Waals surface area contributed by atoms with Crippen LogP contribution in [0.5, 0.6) is 0 Å². The highest BCUT2D eigenvalue weighted by Gasteiger charge is 2.44. The third-order valence-corrected chi connectivity index (χ3v) is 9.03. The summed E-state index contributed by atoms with van der Waals surface area (Å²) in [5.41, 5.74) is 8.45. The predicted molar refractivity (Wildman–Crippen MR) is 171 cm³/mol. The molecule has 226 valence electrons. The number of carbonyl (C=O) groups excluding carboxylic acids is 3. The van der Waals surface area contributed by atoms with Gasteiger partial charge in [-0.25, -0.2) is 15.2 Å². The molecule has 2 fully saturated rings. The lowest BCUT2D eigenvalue weighted by molar-refractivity contribution is -0.752. The van der Waals surface area contributed by atoms with Crippen LogP contribution in [0, 0.1) is 6.92 Å². The molecule has 0 spiro atoms. The van der Waals surface area contributed by atoms with Crippen LogP contribution in [0.2, 0.25) is 0 Å². The standard InChI is InChI=1S/C35H37N5O4/c1-24-28(11-7-12-29(24)37-32(41)25-13-15-26(16-14-25)35(2)17-8-18-35)30-23-40(3,38-27-9-5-4-6-10-27)34(43)31(36-30)33(42)39-19-21-44-22-20-39/h4-7,9-16,23,38H,8,17-22H2,1-3H3/p+1. The van der Waals surface area contributed by atoms with E-state index in [1.807, 2.05) is 67.6 Å². The summed E-state index contributed by atoms with van der Waals surface area (Å²) in [6, 6.07) is 22.8. The van der Waals surface area contributed by atoms with Crippen LogP contribution in [-0.2, 0) is 19.7 Å². The third kappa shape index (κ3) is 5.68. The van der Waals surface area contributed by atoms with Crippen molar-refractivity contribution >= 4 is 40.5 Å². The molecule has 3 aromatic carbocycles. The molecule has 6 rings (SSSR count). The normalized spacial score (nSPS) is 21.1. The van der Waals surface area contributed by atoms with Gasteiger partial charge in [-0.05, 0) is 66.6 Å². The summed E-state index contributed by atoms with van der Waals surface area (Å²) < 4.78 is 5.02. The number of rotatable bonds is 7. The van der Waals surface area contributed by atoms with Gasteiger partial charge in [0.1, 0.15) is 12.7 Å². The molecule has 3 aliphatic rings. The quantitative estimate of drug-likeness (QED) is 0.363. The zero-order valence-corrected chi connectivity index (χ0v) is 25.4. The minimum Gasteiger partial charge on any atom is -0.378 e. The number of benzene rings is 3. The number of hydrogen-bond acceptors (Lipinski definition) is 6. The van der Waals surface area contributed by atoms with E-state index in [-0.39, 0.29) is 17.0 Å². The van der Waals surface area contributed by atoms with Gasteiger partial charge in [0, 0.05) is 29.9 Å². The number of quaternary nitrogens is 1. The average molecular weight is 593 g/mol. The van der Waals surface area contributed by atoms with Crippen molar-refractivity contribution in [3.8, 4) is 0 Å². The average Bonchev–Trinajstić information content (AvgIpc) is 3.03. The maximum Gasteiger partial charge on any atom is 0.398 e. The lowest BCUT2D eigenvalue weighted by atomic mass is 9.66. The molecule has 1 unspecified atom stereocenters. The van der Waals surface area contributed by atoms with Gasteiger partial charge in [0.25, 0.3) is 11.8 Å². The maximum absolute atomic E-state index is 13.9. The van der Waals surface area contributed by atoms with Crippen molar-refractivity contribution in [1.82, 2.24) is 4.90 Å². The second-order valence-electron chi connectivity index (χ2n) is 12.2. The number of morpholine rings is 1. The number of hydrogen-bond donors (Lipinski definition) is 2. The lowest BCUT2D eigenvalue weighted by Crippen LogP contribution is -2.58. The van der Waals surface area contributed by atoms with Crippen molar-refractivity contribution in [3.63, 3.8) is 0 Å². The fourth-order valence-corrected chi connectivity index (χ4v) is 6.03. The molecule has 0 bridgehead atoms. The minimum absolute atomic E-state index is 0.149. The van der Waals surface area contributed by atoms with Crippen molar-refractivity contribution in [3.05, 3.63) is 101 Å². The smallest absolute Gasteiger partial charge is 0.378 e. The molecule has 1 saturated carbocycles. The Morgan fingerprint density at radius 1 is 0.955 bits per heavy atom. The summed E-state index contributed by atoms with van der Waals surface area (Å²) >= 11 is 0. The fraction of sp³-hybridized carbons (Fsp3) is 0.314. The van der Waals surface area contributed by atoms with E-state index in [0.717, 1.165) is 5.56 Å². The molecule has 9 nitrogen and oxygen atoms in total. The first-order valence-electron chi connectivity index (χ1n) is 15.1. The highest BCUT2D eigenvalue weighted by atomic mass is 16.5. The van der Waals surface area contributed by atoms with E-state index >= 15 is 0 Å². The Balaban J connectivity index is 1.32. The molecule has 3 aromatic rings. The van der Waals surface area contributed by atoms with Crippen LogP contribution in [0.15, 0.2) is 84.0 Å². The Labute approximate surface area is 257 Å². The van der Waals surface area contributed by atoms with Gasteiger partial charge in [-0.15, -0.1) is 4.59 Å². The molecule has 44 heavy (non-hydrogen) atoms. The number of amides is 3. The Morgan fingerprint density at radius 3 is 2.32 bits per heavy atom. The molecule has 2 aliphatic heterocycles. The summed E-state index contributed by atoms with van der Waals surface area (Å²) in [6.45, 7) is 5.77. The van der Waals surface area contributed by atoms with Crippen LogP contribution in [0.25, 0.3) is 5.70 Å². The van der Waals surface area contributed by atoms with E-state index in [9.17, 15) is 14.4 Å². The summed E-state index contributed by atoms with van der Waals surface area (Å²) in [4.78, 5) is 47.1. The maximum atomic E-state index is 13.9. The molecular formula is C35H38N5O4+. The number of nitrogens with zero attached hydrogens (tertiary/aromatic N) is 3. The summed E-state index contributed by atoms with van der Waals surface area (Å²) in [6.07, 6.45) is 5.30. The van der Waals surface area contributed by atoms with Crippen LogP contribution in [0.4, 0.5) is 11.4 Å². The zero-order valence-electron chi connectivity index (χ0n) is 25.4. The predicted octanol–water partition coefficient (Wildman–Crippen LogP) is 5.30. The second-order valence-corrected chi connectivity index (χ2v) is 12.2. The molecule has 3 amide bonds. The minimum atomic E-state index is -0.463. The largest absolute Gasteiger partial charge is 0.398 e. The lowest BCUT2D eigenvalue weighted by Gasteiger charge is -2.39. The number of nitrogens with one attached hydrogen (secondary N) is 2. The first-order chi connectivity index (χ1) is 21.2. The zero-order chi connectivity index (χ0) is 30.9. The van der Waals surface area contributed by atoms with Gasteiger partial charge < -0.3 is 15.0 Å². The highest BCUT2D eigenvalue weighted by Crippen LogP contribution is 2.43. The van der Waals surface area contributed by atoms with Gasteiger partial charge in [-0.3, -0.25) is 9.59 Å². The van der Waals surface area contributed by atoms with Gasteiger partial charge in [-0.2, -0.15) is 0 Å². The van der Waals surface area contributed by atoms with Crippen molar-refractivity contribution in [2.45, 2.75) is 38.5 Å². The van der Waals surface area contributed by atoms with Crippen LogP contribution in [0.1, 0.15) is 53.2 Å². The monoisotopic (exact) mass is 592 g/mol. The van der Waals surface area contributed by atoms with Crippen molar-refractivity contribution in [2.24, 2.45) is 4.99 Å². The van der Waals surface area contributed by atoms with Gasteiger partial charge in [0.15, 0.2) is 6.20 Å². The van der Waals surface area contributed by atoms with Crippen molar-refractivity contribution in [2.75, 3.05) is 44.1 Å². The third-order valence-electron chi connectivity index (χ3n) is 9.03. The summed E-state index contributed by atoms with van der Waals surface area (Å²) in [5, 5.41) is 3.06. The number of para-hydroxylation sites is 1. The van der Waals surface area contributed by atoms with E-state index in [1.54, 1.807) is 18.1 Å². The van der Waals surface area contributed by atoms with E-state index < -0.39 is 16.4 Å². The van der Waals surface area contributed by atoms with Gasteiger partial charge in [-0.1, -0.05) is 55.8 Å². The molecular weight excluding hydrogens is 554 g/mol. The Morgan fingerprint density at radius 2 is 1.66 bits per heavy atom. The van der Waals surface area contributed by atoms with Gasteiger partial charge in [0.05, 0.1) is 18.9 Å². The Kier molecular flexibility index (Phi) is 7.92. The Bertz CT molecular complexity index is 1650. The number of ether oxygens (including phenoxy) is 1. The Hall–Kier alpha value is -4.60. The highest BCUT2D eigenvalue weighted by molar-refractivity contribution is 6.64. The molecule has 1 saturated heterocycles. The summed E-state index contributed by atoms with van der Waals surface area (Å²) in [7, 11) is 1.70. The van der Waals surface area contributed by atoms with Crippen LogP contribution >= 0.6 is 0 Å². The second kappa shape index (κ2) is 11.8. The molecule has 0 radical (unpaired) electrons. The van der Waals surface area contributed by atoms with Crippen LogP contribution < -0.4 is 10.7 Å².